The Morgan fingerprint density at radius 2 is 2.00 bits per heavy atom. The molecule has 0 fully saturated rings. The highest BCUT2D eigenvalue weighted by molar-refractivity contribution is 5.67. The topological polar surface area (TPSA) is 50.8 Å². The third-order valence-corrected chi connectivity index (χ3v) is 2.92. The summed E-state index contributed by atoms with van der Waals surface area (Å²) in [6, 6.07) is 3.84. The molecule has 1 aromatic heterocycles. The SMILES string of the molecule is COc1cc(F)c(-c2c(C#N)nc(C)n2C)cc1F. The van der Waals surface area contributed by atoms with E-state index in [0.717, 1.165) is 12.1 Å². The molecule has 2 rings (SSSR count). The zero-order valence-electron chi connectivity index (χ0n) is 10.7. The van der Waals surface area contributed by atoms with Gasteiger partial charge in [0.15, 0.2) is 17.3 Å². The predicted molar refractivity (Wildman–Crippen MR) is 64.6 cm³/mol. The molecular weight excluding hydrogens is 252 g/mol. The van der Waals surface area contributed by atoms with Gasteiger partial charge in [0, 0.05) is 18.7 Å². The van der Waals surface area contributed by atoms with Crippen LogP contribution in [0.5, 0.6) is 5.75 Å². The second-order valence-corrected chi connectivity index (χ2v) is 3.99. The number of methoxy groups -OCH3 is 1. The summed E-state index contributed by atoms with van der Waals surface area (Å²) in [6.07, 6.45) is 0. The van der Waals surface area contributed by atoms with E-state index in [4.69, 9.17) is 10.00 Å². The number of halogens is 2. The van der Waals surface area contributed by atoms with Gasteiger partial charge in [0.1, 0.15) is 17.7 Å². The molecule has 0 bridgehead atoms. The van der Waals surface area contributed by atoms with E-state index in [2.05, 4.69) is 4.98 Å². The van der Waals surface area contributed by atoms with Gasteiger partial charge in [0.2, 0.25) is 0 Å². The molecule has 2 aromatic rings. The molecule has 6 heteroatoms. The maximum Gasteiger partial charge on any atom is 0.166 e. The van der Waals surface area contributed by atoms with Gasteiger partial charge in [-0.15, -0.1) is 0 Å². The van der Waals surface area contributed by atoms with Gasteiger partial charge in [0.25, 0.3) is 0 Å². The molecule has 0 spiro atoms. The number of nitrogens with zero attached hydrogens (tertiary/aromatic N) is 3. The minimum absolute atomic E-state index is 0.0158. The molecule has 0 N–H and O–H groups in total. The average Bonchev–Trinajstić information content (AvgIpc) is 2.67. The van der Waals surface area contributed by atoms with Crippen molar-refractivity contribution in [2.75, 3.05) is 7.11 Å². The van der Waals surface area contributed by atoms with Crippen LogP contribution in [0.4, 0.5) is 8.78 Å². The van der Waals surface area contributed by atoms with E-state index in [9.17, 15) is 8.78 Å². The van der Waals surface area contributed by atoms with Gasteiger partial charge >= 0.3 is 0 Å². The summed E-state index contributed by atoms with van der Waals surface area (Å²) in [7, 11) is 2.90. The monoisotopic (exact) mass is 263 g/mol. The quantitative estimate of drug-likeness (QED) is 0.836. The standard InChI is InChI=1S/C13H11F2N3O/c1-7-17-11(6-16)13(18(7)2)8-4-10(15)12(19-3)5-9(8)14/h4-5H,1-3H3. The Bertz CT molecular complexity index is 686. The van der Waals surface area contributed by atoms with Crippen LogP contribution in [0.2, 0.25) is 0 Å². The second-order valence-electron chi connectivity index (χ2n) is 3.99. The summed E-state index contributed by atoms with van der Waals surface area (Å²) >= 11 is 0. The smallest absolute Gasteiger partial charge is 0.166 e. The fraction of sp³-hybridized carbons (Fsp3) is 0.231. The summed E-state index contributed by atoms with van der Waals surface area (Å²) in [5.41, 5.74) is 0.292. The van der Waals surface area contributed by atoms with Gasteiger partial charge in [-0.1, -0.05) is 0 Å². The molecule has 1 aromatic carbocycles. The van der Waals surface area contributed by atoms with Crippen LogP contribution in [-0.4, -0.2) is 16.7 Å². The fourth-order valence-corrected chi connectivity index (χ4v) is 1.86. The minimum Gasteiger partial charge on any atom is -0.494 e. The number of hydrogen-bond donors (Lipinski definition) is 0. The second kappa shape index (κ2) is 4.69. The van der Waals surface area contributed by atoms with Gasteiger partial charge < -0.3 is 9.30 Å². The lowest BCUT2D eigenvalue weighted by molar-refractivity contribution is 0.383. The van der Waals surface area contributed by atoms with Crippen molar-refractivity contribution in [3.05, 3.63) is 35.3 Å². The van der Waals surface area contributed by atoms with Gasteiger partial charge in [-0.25, -0.2) is 13.8 Å². The highest BCUT2D eigenvalue weighted by atomic mass is 19.1. The molecule has 0 saturated carbocycles. The molecule has 0 atom stereocenters. The molecule has 0 aliphatic rings. The zero-order chi connectivity index (χ0) is 14.2. The maximum atomic E-state index is 14.0. The Kier molecular flexibility index (Phi) is 3.21. The molecule has 0 unspecified atom stereocenters. The first kappa shape index (κ1) is 13.0. The van der Waals surface area contributed by atoms with Gasteiger partial charge in [0.05, 0.1) is 12.8 Å². The first-order chi connectivity index (χ1) is 8.99. The van der Waals surface area contributed by atoms with E-state index < -0.39 is 11.6 Å². The van der Waals surface area contributed by atoms with Crippen molar-refractivity contribution >= 4 is 0 Å². The largest absolute Gasteiger partial charge is 0.494 e. The molecule has 19 heavy (non-hydrogen) atoms. The van der Waals surface area contributed by atoms with E-state index in [1.54, 1.807) is 18.5 Å². The van der Waals surface area contributed by atoms with Crippen LogP contribution < -0.4 is 4.74 Å². The average molecular weight is 263 g/mol. The Labute approximate surface area is 108 Å². The van der Waals surface area contributed by atoms with Crippen molar-refractivity contribution < 1.29 is 13.5 Å². The predicted octanol–water partition coefficient (Wildman–Crippen LogP) is 2.55. The highest BCUT2D eigenvalue weighted by Crippen LogP contribution is 2.31. The summed E-state index contributed by atoms with van der Waals surface area (Å²) in [5, 5.41) is 9.01. The summed E-state index contributed by atoms with van der Waals surface area (Å²) < 4.78 is 33.9. The van der Waals surface area contributed by atoms with Crippen LogP contribution in [0.25, 0.3) is 11.3 Å². The van der Waals surface area contributed by atoms with Gasteiger partial charge in [-0.2, -0.15) is 5.26 Å². The molecule has 0 aliphatic carbocycles. The van der Waals surface area contributed by atoms with Crippen molar-refractivity contribution in [1.82, 2.24) is 9.55 Å². The van der Waals surface area contributed by atoms with E-state index in [1.165, 1.54) is 7.11 Å². The molecule has 0 aliphatic heterocycles. The lowest BCUT2D eigenvalue weighted by atomic mass is 10.1. The van der Waals surface area contributed by atoms with Crippen LogP contribution >= 0.6 is 0 Å². The lowest BCUT2D eigenvalue weighted by Gasteiger charge is -2.08. The van der Waals surface area contributed by atoms with Crippen molar-refractivity contribution in [1.29, 1.82) is 5.26 Å². The fourth-order valence-electron chi connectivity index (χ4n) is 1.86. The Morgan fingerprint density at radius 3 is 2.58 bits per heavy atom. The minimum atomic E-state index is -0.693. The van der Waals surface area contributed by atoms with Crippen molar-refractivity contribution in [2.24, 2.45) is 7.05 Å². The first-order valence-electron chi connectivity index (χ1n) is 5.46. The number of ether oxygens (including phenoxy) is 1. The van der Waals surface area contributed by atoms with Crippen molar-refractivity contribution in [2.45, 2.75) is 6.92 Å². The third-order valence-electron chi connectivity index (χ3n) is 2.92. The zero-order valence-corrected chi connectivity index (χ0v) is 10.7. The van der Waals surface area contributed by atoms with Gasteiger partial charge in [-0.3, -0.25) is 0 Å². The number of rotatable bonds is 2. The molecule has 4 nitrogen and oxygen atoms in total. The number of hydrogen-bond acceptors (Lipinski definition) is 3. The Balaban J connectivity index is 2.73. The summed E-state index contributed by atoms with van der Waals surface area (Å²) in [4.78, 5) is 4.00. The molecule has 0 amide bonds. The number of nitriles is 1. The lowest BCUT2D eigenvalue weighted by Crippen LogP contribution is -1.99. The first-order valence-corrected chi connectivity index (χ1v) is 5.46. The summed E-state index contributed by atoms with van der Waals surface area (Å²) in [5.74, 6) is -1.000. The highest BCUT2D eigenvalue weighted by Gasteiger charge is 2.20. The van der Waals surface area contributed by atoms with Crippen LogP contribution in [0.3, 0.4) is 0 Å². The maximum absolute atomic E-state index is 14.0. The number of aromatic nitrogens is 2. The number of aryl methyl sites for hydroxylation is 1. The number of benzene rings is 1. The van der Waals surface area contributed by atoms with Crippen molar-refractivity contribution in [3.8, 4) is 23.1 Å². The van der Waals surface area contributed by atoms with E-state index in [0.29, 0.717) is 5.82 Å². The van der Waals surface area contributed by atoms with Crippen LogP contribution in [0, 0.1) is 29.9 Å². The van der Waals surface area contributed by atoms with Crippen LogP contribution in [0.15, 0.2) is 12.1 Å². The molecular formula is C13H11F2N3O. The molecule has 0 radical (unpaired) electrons. The third kappa shape index (κ3) is 2.03. The van der Waals surface area contributed by atoms with E-state index in [-0.39, 0.29) is 22.7 Å². The van der Waals surface area contributed by atoms with Gasteiger partial charge in [-0.05, 0) is 13.0 Å². The summed E-state index contributed by atoms with van der Waals surface area (Å²) in [6.45, 7) is 1.68. The molecule has 0 saturated heterocycles. The van der Waals surface area contributed by atoms with E-state index in [1.807, 2.05) is 6.07 Å². The van der Waals surface area contributed by atoms with E-state index >= 15 is 0 Å². The Morgan fingerprint density at radius 1 is 1.32 bits per heavy atom. The normalized spacial score (nSPS) is 10.3. The molecule has 98 valence electrons. The van der Waals surface area contributed by atoms with Crippen molar-refractivity contribution in [3.63, 3.8) is 0 Å². The number of imidazole rings is 1. The van der Waals surface area contributed by atoms with Crippen LogP contribution in [0.1, 0.15) is 11.5 Å². The van der Waals surface area contributed by atoms with Crippen LogP contribution in [-0.2, 0) is 7.05 Å². The Hall–Kier alpha value is -2.42. The molecule has 1 heterocycles.